The van der Waals surface area contributed by atoms with Crippen molar-refractivity contribution in [3.05, 3.63) is 58.8 Å². The van der Waals surface area contributed by atoms with Crippen molar-refractivity contribution >= 4 is 34.2 Å². The molecule has 0 aliphatic heterocycles. The molecule has 1 amide bonds. The highest BCUT2D eigenvalue weighted by molar-refractivity contribution is 7.20. The number of fused-ring (bicyclic) bond motifs is 1. The van der Waals surface area contributed by atoms with Gasteiger partial charge in [-0.1, -0.05) is 12.1 Å². The lowest BCUT2D eigenvalue weighted by molar-refractivity contribution is -0.120. The second-order valence-electron chi connectivity index (χ2n) is 5.44. The molecule has 0 aliphatic rings. The number of thiazole rings is 1. The van der Waals surface area contributed by atoms with E-state index in [0.29, 0.717) is 19.4 Å². The molecule has 0 aliphatic carbocycles. The Morgan fingerprint density at radius 1 is 1.16 bits per heavy atom. The summed E-state index contributed by atoms with van der Waals surface area (Å²) in [4.78, 5) is 17.8. The topological polar surface area (TPSA) is 72.2 Å². The number of carbonyl (C=O) groups is 1. The number of thiophene rings is 1. The number of nitrogens with one attached hydrogen (secondary N) is 1. The van der Waals surface area contributed by atoms with Crippen LogP contribution in [0, 0.1) is 0 Å². The van der Waals surface area contributed by atoms with E-state index in [2.05, 4.69) is 20.5 Å². The Kier molecular flexibility index (Phi) is 4.53. The van der Waals surface area contributed by atoms with E-state index in [-0.39, 0.29) is 5.91 Å². The van der Waals surface area contributed by atoms with Crippen LogP contribution in [0.15, 0.2) is 47.3 Å². The van der Waals surface area contributed by atoms with Crippen molar-refractivity contribution in [2.24, 2.45) is 0 Å². The predicted octanol–water partition coefficient (Wildman–Crippen LogP) is 2.82. The fourth-order valence-corrected chi connectivity index (χ4v) is 4.14. The number of amides is 1. The molecule has 0 unspecified atom stereocenters. The van der Waals surface area contributed by atoms with Crippen molar-refractivity contribution in [1.82, 2.24) is 24.9 Å². The maximum absolute atomic E-state index is 12.1. The average molecular weight is 369 g/mol. The van der Waals surface area contributed by atoms with Crippen LogP contribution in [0.2, 0.25) is 0 Å². The van der Waals surface area contributed by atoms with Gasteiger partial charge in [0.2, 0.25) is 5.91 Å². The third kappa shape index (κ3) is 3.59. The molecule has 126 valence electrons. The van der Waals surface area contributed by atoms with Crippen LogP contribution in [-0.2, 0) is 17.6 Å². The molecule has 4 aromatic heterocycles. The van der Waals surface area contributed by atoms with Crippen LogP contribution in [0.25, 0.3) is 15.5 Å². The summed E-state index contributed by atoms with van der Waals surface area (Å²) in [6.07, 6.45) is 2.85. The maximum Gasteiger partial charge on any atom is 0.226 e. The molecule has 25 heavy (non-hydrogen) atoms. The monoisotopic (exact) mass is 369 g/mol. The standard InChI is InChI=1S/C17H15N5OS2/c23-16(10-12-11-25-17(19-12)13-4-3-9-24-13)18-7-6-15-21-20-14-5-1-2-8-22(14)15/h1-5,8-9,11H,6-7,10H2,(H,18,23). The van der Waals surface area contributed by atoms with Gasteiger partial charge in [0.25, 0.3) is 0 Å². The zero-order valence-corrected chi connectivity index (χ0v) is 14.9. The molecular weight excluding hydrogens is 354 g/mol. The fraction of sp³-hybridized carbons (Fsp3) is 0.176. The molecule has 1 N–H and O–H groups in total. The molecule has 8 heteroatoms. The highest BCUT2D eigenvalue weighted by Gasteiger charge is 2.10. The number of nitrogens with zero attached hydrogens (tertiary/aromatic N) is 4. The van der Waals surface area contributed by atoms with E-state index >= 15 is 0 Å². The summed E-state index contributed by atoms with van der Waals surface area (Å²) in [5, 5.41) is 16.1. The molecule has 4 aromatic rings. The van der Waals surface area contributed by atoms with Gasteiger partial charge in [-0.15, -0.1) is 32.9 Å². The summed E-state index contributed by atoms with van der Waals surface area (Å²) < 4.78 is 1.93. The largest absolute Gasteiger partial charge is 0.355 e. The number of carbonyl (C=O) groups excluding carboxylic acids is 1. The molecule has 0 aromatic carbocycles. The minimum atomic E-state index is -0.0307. The van der Waals surface area contributed by atoms with Gasteiger partial charge in [0.15, 0.2) is 5.65 Å². The summed E-state index contributed by atoms with van der Waals surface area (Å²) >= 11 is 3.22. The smallest absolute Gasteiger partial charge is 0.226 e. The maximum atomic E-state index is 12.1. The molecule has 0 saturated heterocycles. The van der Waals surface area contributed by atoms with Crippen LogP contribution in [-0.4, -0.2) is 32.0 Å². The average Bonchev–Trinajstić information content (AvgIpc) is 3.35. The second kappa shape index (κ2) is 7.12. The zero-order chi connectivity index (χ0) is 17.1. The van der Waals surface area contributed by atoms with Gasteiger partial charge in [-0.3, -0.25) is 9.20 Å². The normalized spacial score (nSPS) is 11.0. The van der Waals surface area contributed by atoms with Crippen molar-refractivity contribution in [1.29, 1.82) is 0 Å². The Labute approximate surface area is 152 Å². The lowest BCUT2D eigenvalue weighted by atomic mass is 10.3. The number of aromatic nitrogens is 4. The molecule has 6 nitrogen and oxygen atoms in total. The van der Waals surface area contributed by atoms with Gasteiger partial charge in [-0.2, -0.15) is 0 Å². The second-order valence-corrected chi connectivity index (χ2v) is 7.25. The van der Waals surface area contributed by atoms with E-state index in [1.54, 1.807) is 22.7 Å². The first-order valence-corrected chi connectivity index (χ1v) is 9.59. The quantitative estimate of drug-likeness (QED) is 0.567. The van der Waals surface area contributed by atoms with Gasteiger partial charge in [0.05, 0.1) is 17.0 Å². The minimum absolute atomic E-state index is 0.0307. The van der Waals surface area contributed by atoms with Gasteiger partial charge in [0, 0.05) is 24.5 Å². The van der Waals surface area contributed by atoms with E-state index in [9.17, 15) is 4.79 Å². The Morgan fingerprint density at radius 2 is 2.12 bits per heavy atom. The van der Waals surface area contributed by atoms with Crippen LogP contribution in [0.4, 0.5) is 0 Å². The summed E-state index contributed by atoms with van der Waals surface area (Å²) in [5.41, 5.74) is 1.62. The number of hydrogen-bond acceptors (Lipinski definition) is 6. The lowest BCUT2D eigenvalue weighted by Gasteiger charge is -2.03. The van der Waals surface area contributed by atoms with Crippen LogP contribution < -0.4 is 5.32 Å². The lowest BCUT2D eigenvalue weighted by Crippen LogP contribution is -2.27. The van der Waals surface area contributed by atoms with E-state index in [0.717, 1.165) is 27.1 Å². The van der Waals surface area contributed by atoms with Gasteiger partial charge in [0.1, 0.15) is 10.8 Å². The molecule has 0 bridgehead atoms. The van der Waals surface area contributed by atoms with Crippen molar-refractivity contribution in [3.63, 3.8) is 0 Å². The SMILES string of the molecule is O=C(Cc1csc(-c2cccs2)n1)NCCc1nnc2ccccn12. The van der Waals surface area contributed by atoms with Gasteiger partial charge in [-0.05, 0) is 23.6 Å². The summed E-state index contributed by atoms with van der Waals surface area (Å²) in [5.74, 6) is 0.807. The van der Waals surface area contributed by atoms with Gasteiger partial charge >= 0.3 is 0 Å². The predicted molar refractivity (Wildman–Crippen MR) is 98.8 cm³/mol. The van der Waals surface area contributed by atoms with Crippen LogP contribution in [0.3, 0.4) is 0 Å². The molecule has 4 heterocycles. The van der Waals surface area contributed by atoms with Crippen molar-refractivity contribution in [2.75, 3.05) is 6.54 Å². The number of rotatable bonds is 6. The summed E-state index contributed by atoms with van der Waals surface area (Å²) in [6.45, 7) is 0.524. The number of pyridine rings is 1. The highest BCUT2D eigenvalue weighted by atomic mass is 32.1. The summed E-state index contributed by atoms with van der Waals surface area (Å²) in [7, 11) is 0. The van der Waals surface area contributed by atoms with E-state index in [4.69, 9.17) is 0 Å². The van der Waals surface area contributed by atoms with Crippen LogP contribution in [0.1, 0.15) is 11.5 Å². The van der Waals surface area contributed by atoms with E-state index in [1.165, 1.54) is 0 Å². The summed E-state index contributed by atoms with van der Waals surface area (Å²) in [6, 6.07) is 9.81. The Balaban J connectivity index is 1.31. The van der Waals surface area contributed by atoms with E-state index in [1.807, 2.05) is 51.7 Å². The third-order valence-corrected chi connectivity index (χ3v) is 5.61. The molecular formula is C17H15N5OS2. The van der Waals surface area contributed by atoms with E-state index < -0.39 is 0 Å². The third-order valence-electron chi connectivity index (χ3n) is 3.68. The van der Waals surface area contributed by atoms with Crippen LogP contribution in [0.5, 0.6) is 0 Å². The van der Waals surface area contributed by atoms with Crippen LogP contribution >= 0.6 is 22.7 Å². The number of hydrogen-bond donors (Lipinski definition) is 1. The Morgan fingerprint density at radius 3 is 3.00 bits per heavy atom. The van der Waals surface area contributed by atoms with Crippen molar-refractivity contribution < 1.29 is 4.79 Å². The molecule has 0 spiro atoms. The first kappa shape index (κ1) is 15.9. The zero-order valence-electron chi connectivity index (χ0n) is 13.3. The molecule has 0 fully saturated rings. The molecule has 0 saturated carbocycles. The van der Waals surface area contributed by atoms with Gasteiger partial charge < -0.3 is 5.32 Å². The van der Waals surface area contributed by atoms with Crippen molar-refractivity contribution in [2.45, 2.75) is 12.8 Å². The molecule has 4 rings (SSSR count). The van der Waals surface area contributed by atoms with Crippen molar-refractivity contribution in [3.8, 4) is 9.88 Å². The highest BCUT2D eigenvalue weighted by Crippen LogP contribution is 2.27. The van der Waals surface area contributed by atoms with Gasteiger partial charge in [-0.25, -0.2) is 4.98 Å². The molecule has 0 atom stereocenters. The first-order valence-electron chi connectivity index (χ1n) is 7.83. The minimum Gasteiger partial charge on any atom is -0.355 e. The molecule has 0 radical (unpaired) electrons. The first-order chi connectivity index (χ1) is 12.3. The fourth-order valence-electron chi connectivity index (χ4n) is 2.50. The Hall–Kier alpha value is -2.58. The Bertz CT molecular complexity index is 989.